The van der Waals surface area contributed by atoms with Crippen molar-refractivity contribution in [3.05, 3.63) is 59.7 Å². The Labute approximate surface area is 135 Å². The lowest BCUT2D eigenvalue weighted by atomic mass is 9.98. The standard InChI is InChI=1S/C19H20O4/c20-11-5-6-12-22-19(21)23-13-18-16-9-3-1-7-14(16)15-8-2-4-10-17(15)18/h1-4,7-10,18,20H,5-6,11-13H2. The highest BCUT2D eigenvalue weighted by Gasteiger charge is 2.29. The van der Waals surface area contributed by atoms with Crippen LogP contribution in [0.3, 0.4) is 0 Å². The molecule has 0 amide bonds. The van der Waals surface area contributed by atoms with Crippen LogP contribution in [-0.2, 0) is 9.47 Å². The largest absolute Gasteiger partial charge is 0.508 e. The zero-order valence-electron chi connectivity index (χ0n) is 12.9. The van der Waals surface area contributed by atoms with E-state index in [1.807, 2.05) is 24.3 Å². The van der Waals surface area contributed by atoms with Crippen molar-refractivity contribution >= 4 is 6.16 Å². The number of rotatable bonds is 6. The number of aliphatic hydroxyl groups excluding tert-OH is 1. The SMILES string of the molecule is O=C(OCCCCO)OCC1c2ccccc2-c2ccccc21. The second-order valence-corrected chi connectivity index (χ2v) is 5.57. The molecule has 0 atom stereocenters. The molecule has 0 aliphatic heterocycles. The van der Waals surface area contributed by atoms with E-state index in [9.17, 15) is 4.79 Å². The van der Waals surface area contributed by atoms with E-state index in [-0.39, 0.29) is 25.7 Å². The summed E-state index contributed by atoms with van der Waals surface area (Å²) < 4.78 is 10.3. The van der Waals surface area contributed by atoms with E-state index < -0.39 is 6.16 Å². The summed E-state index contributed by atoms with van der Waals surface area (Å²) >= 11 is 0. The van der Waals surface area contributed by atoms with E-state index in [1.165, 1.54) is 22.3 Å². The van der Waals surface area contributed by atoms with Crippen LogP contribution >= 0.6 is 0 Å². The van der Waals surface area contributed by atoms with Gasteiger partial charge in [0.25, 0.3) is 0 Å². The van der Waals surface area contributed by atoms with Crippen LogP contribution in [0.4, 0.5) is 4.79 Å². The highest BCUT2D eigenvalue weighted by atomic mass is 16.7. The van der Waals surface area contributed by atoms with E-state index in [1.54, 1.807) is 0 Å². The van der Waals surface area contributed by atoms with Gasteiger partial charge in [0.1, 0.15) is 6.61 Å². The third-order valence-corrected chi connectivity index (χ3v) is 4.10. The van der Waals surface area contributed by atoms with E-state index in [4.69, 9.17) is 14.6 Å². The van der Waals surface area contributed by atoms with Gasteiger partial charge < -0.3 is 14.6 Å². The average Bonchev–Trinajstić information content (AvgIpc) is 2.91. The van der Waals surface area contributed by atoms with Gasteiger partial charge in [0, 0.05) is 12.5 Å². The molecule has 1 aliphatic rings. The number of fused-ring (bicyclic) bond motifs is 3. The van der Waals surface area contributed by atoms with Crippen LogP contribution in [0.5, 0.6) is 0 Å². The molecule has 0 bridgehead atoms. The Bertz CT molecular complexity index is 635. The van der Waals surface area contributed by atoms with Crippen LogP contribution in [0.1, 0.15) is 29.9 Å². The Morgan fingerprint density at radius 2 is 1.52 bits per heavy atom. The van der Waals surface area contributed by atoms with Crippen molar-refractivity contribution in [3.8, 4) is 11.1 Å². The maximum absolute atomic E-state index is 11.7. The smallest absolute Gasteiger partial charge is 0.434 e. The number of benzene rings is 2. The molecule has 0 spiro atoms. The molecule has 0 unspecified atom stereocenters. The molecule has 1 aliphatic carbocycles. The van der Waals surface area contributed by atoms with Gasteiger partial charge in [-0.05, 0) is 35.1 Å². The third kappa shape index (κ3) is 3.37. The molecular formula is C19H20O4. The van der Waals surface area contributed by atoms with Gasteiger partial charge in [-0.1, -0.05) is 48.5 Å². The molecule has 0 saturated carbocycles. The van der Waals surface area contributed by atoms with Crippen molar-refractivity contribution in [3.63, 3.8) is 0 Å². The zero-order valence-corrected chi connectivity index (χ0v) is 12.9. The summed E-state index contributed by atoms with van der Waals surface area (Å²) in [7, 11) is 0. The zero-order chi connectivity index (χ0) is 16.1. The summed E-state index contributed by atoms with van der Waals surface area (Å²) in [6.45, 7) is 0.651. The maximum atomic E-state index is 11.7. The van der Waals surface area contributed by atoms with E-state index in [2.05, 4.69) is 24.3 Å². The quantitative estimate of drug-likeness (QED) is 0.652. The average molecular weight is 312 g/mol. The van der Waals surface area contributed by atoms with Gasteiger partial charge in [0.15, 0.2) is 0 Å². The van der Waals surface area contributed by atoms with E-state index in [0.29, 0.717) is 12.8 Å². The Balaban J connectivity index is 1.65. The fourth-order valence-electron chi connectivity index (χ4n) is 3.00. The first-order valence-electron chi connectivity index (χ1n) is 7.90. The Morgan fingerprint density at radius 1 is 0.913 bits per heavy atom. The lowest BCUT2D eigenvalue weighted by Crippen LogP contribution is -2.14. The molecule has 2 aromatic carbocycles. The van der Waals surface area contributed by atoms with Gasteiger partial charge in [0.2, 0.25) is 0 Å². The summed E-state index contributed by atoms with van der Waals surface area (Å²) in [5.41, 5.74) is 4.77. The first-order chi connectivity index (χ1) is 11.3. The van der Waals surface area contributed by atoms with Crippen LogP contribution in [0, 0.1) is 0 Å². The Morgan fingerprint density at radius 3 is 2.13 bits per heavy atom. The molecule has 2 aromatic rings. The number of unbranched alkanes of at least 4 members (excludes halogenated alkanes) is 1. The molecule has 0 fully saturated rings. The van der Waals surface area contributed by atoms with Gasteiger partial charge in [-0.25, -0.2) is 4.79 Å². The van der Waals surface area contributed by atoms with Crippen LogP contribution in [-0.4, -0.2) is 31.1 Å². The van der Waals surface area contributed by atoms with Crippen LogP contribution < -0.4 is 0 Å². The van der Waals surface area contributed by atoms with E-state index in [0.717, 1.165) is 0 Å². The van der Waals surface area contributed by atoms with Crippen molar-refractivity contribution in [2.45, 2.75) is 18.8 Å². The van der Waals surface area contributed by atoms with Gasteiger partial charge in [-0.2, -0.15) is 0 Å². The Hall–Kier alpha value is -2.33. The minimum absolute atomic E-state index is 0.0485. The minimum atomic E-state index is -0.648. The second-order valence-electron chi connectivity index (χ2n) is 5.57. The molecule has 1 N–H and O–H groups in total. The van der Waals surface area contributed by atoms with Crippen molar-refractivity contribution in [2.24, 2.45) is 0 Å². The number of ether oxygens (including phenoxy) is 2. The van der Waals surface area contributed by atoms with Crippen molar-refractivity contribution < 1.29 is 19.4 Å². The molecule has 120 valence electrons. The molecule has 4 nitrogen and oxygen atoms in total. The lowest BCUT2D eigenvalue weighted by Gasteiger charge is -2.14. The Kier molecular flexibility index (Phi) is 4.93. The predicted octanol–water partition coefficient (Wildman–Crippen LogP) is 3.72. The van der Waals surface area contributed by atoms with Gasteiger partial charge >= 0.3 is 6.16 Å². The summed E-state index contributed by atoms with van der Waals surface area (Å²) in [5.74, 6) is 0.0485. The summed E-state index contributed by atoms with van der Waals surface area (Å²) in [6.07, 6.45) is 0.613. The first-order valence-corrected chi connectivity index (χ1v) is 7.90. The van der Waals surface area contributed by atoms with Crippen LogP contribution in [0.15, 0.2) is 48.5 Å². The van der Waals surface area contributed by atoms with Crippen LogP contribution in [0.25, 0.3) is 11.1 Å². The highest BCUT2D eigenvalue weighted by molar-refractivity contribution is 5.78. The number of aliphatic hydroxyl groups is 1. The molecule has 23 heavy (non-hydrogen) atoms. The topological polar surface area (TPSA) is 55.8 Å². The molecule has 4 heteroatoms. The number of hydrogen-bond donors (Lipinski definition) is 1. The van der Waals surface area contributed by atoms with Gasteiger partial charge in [0.05, 0.1) is 6.61 Å². The molecule has 0 saturated heterocycles. The monoisotopic (exact) mass is 312 g/mol. The highest BCUT2D eigenvalue weighted by Crippen LogP contribution is 2.44. The number of hydrogen-bond acceptors (Lipinski definition) is 4. The van der Waals surface area contributed by atoms with E-state index >= 15 is 0 Å². The molecule has 3 rings (SSSR count). The minimum Gasteiger partial charge on any atom is -0.434 e. The normalized spacial score (nSPS) is 12.6. The molecule has 0 heterocycles. The predicted molar refractivity (Wildman–Crippen MR) is 87.3 cm³/mol. The van der Waals surface area contributed by atoms with Crippen molar-refractivity contribution in [2.75, 3.05) is 19.8 Å². The summed E-state index contributed by atoms with van der Waals surface area (Å²) in [4.78, 5) is 11.7. The number of carbonyl (C=O) groups is 1. The third-order valence-electron chi connectivity index (χ3n) is 4.10. The summed E-state index contributed by atoms with van der Waals surface area (Å²) in [6, 6.07) is 16.4. The second kappa shape index (κ2) is 7.29. The van der Waals surface area contributed by atoms with Crippen molar-refractivity contribution in [1.82, 2.24) is 0 Å². The molecule has 0 radical (unpaired) electrons. The lowest BCUT2D eigenvalue weighted by molar-refractivity contribution is 0.0513. The summed E-state index contributed by atoms with van der Waals surface area (Å²) in [5, 5.41) is 8.69. The fraction of sp³-hybridized carbons (Fsp3) is 0.316. The van der Waals surface area contributed by atoms with Crippen LogP contribution in [0.2, 0.25) is 0 Å². The van der Waals surface area contributed by atoms with Gasteiger partial charge in [-0.3, -0.25) is 0 Å². The molecule has 0 aromatic heterocycles. The molecular weight excluding hydrogens is 292 g/mol. The number of carbonyl (C=O) groups excluding carboxylic acids is 1. The maximum Gasteiger partial charge on any atom is 0.508 e. The van der Waals surface area contributed by atoms with Gasteiger partial charge in [-0.15, -0.1) is 0 Å². The van der Waals surface area contributed by atoms with Crippen molar-refractivity contribution in [1.29, 1.82) is 0 Å². The fourth-order valence-corrected chi connectivity index (χ4v) is 3.00. The first kappa shape index (κ1) is 15.6.